The highest BCUT2D eigenvalue weighted by molar-refractivity contribution is 6.33. The Morgan fingerprint density at radius 1 is 1.35 bits per heavy atom. The average Bonchev–Trinajstić information content (AvgIpc) is 3.37. The van der Waals surface area contributed by atoms with Crippen LogP contribution in [0, 0.1) is 17.8 Å². The molecule has 2 aliphatic rings. The minimum Gasteiger partial charge on any atom is -0.337 e. The Morgan fingerprint density at radius 2 is 2.19 bits per heavy atom. The second kappa shape index (κ2) is 7.27. The number of nitrogens with zero attached hydrogens (tertiary/aromatic N) is 2. The van der Waals surface area contributed by atoms with E-state index >= 15 is 0 Å². The predicted octanol–water partition coefficient (Wildman–Crippen LogP) is 4.01. The van der Waals surface area contributed by atoms with Gasteiger partial charge in [0.1, 0.15) is 0 Å². The summed E-state index contributed by atoms with van der Waals surface area (Å²) in [4.78, 5) is 16.5. The maximum absolute atomic E-state index is 12.2. The smallest absolute Gasteiger partial charge is 0.315 e. The van der Waals surface area contributed by atoms with Gasteiger partial charge in [0.25, 0.3) is 0 Å². The quantitative estimate of drug-likeness (QED) is 0.828. The van der Waals surface area contributed by atoms with Gasteiger partial charge in [0.15, 0.2) is 0 Å². The van der Waals surface area contributed by atoms with Gasteiger partial charge in [0.05, 0.1) is 11.6 Å². The van der Waals surface area contributed by atoms with Crippen LogP contribution in [-0.4, -0.2) is 22.2 Å². The normalized spacial score (nSPS) is 25.2. The Kier molecular flexibility index (Phi) is 4.85. The van der Waals surface area contributed by atoms with E-state index in [4.69, 9.17) is 16.1 Å². The summed E-state index contributed by atoms with van der Waals surface area (Å²) >= 11 is 6.14. The molecule has 0 radical (unpaired) electrons. The third kappa shape index (κ3) is 3.56. The predicted molar refractivity (Wildman–Crippen MR) is 98.5 cm³/mol. The minimum absolute atomic E-state index is 0.187. The molecule has 1 aromatic heterocycles. The first-order valence-electron chi connectivity index (χ1n) is 9.22. The van der Waals surface area contributed by atoms with E-state index in [2.05, 4.69) is 27.7 Å². The Hall–Kier alpha value is -2.08. The average molecular weight is 375 g/mol. The number of carbonyl (C=O) groups is 1. The lowest BCUT2D eigenvalue weighted by Gasteiger charge is -2.28. The fourth-order valence-electron chi connectivity index (χ4n) is 4.51. The summed E-state index contributed by atoms with van der Waals surface area (Å²) in [7, 11) is 0. The Labute approximate surface area is 157 Å². The van der Waals surface area contributed by atoms with Crippen molar-refractivity contribution < 1.29 is 9.32 Å². The number of rotatable bonds is 5. The van der Waals surface area contributed by atoms with E-state index in [9.17, 15) is 4.79 Å². The van der Waals surface area contributed by atoms with E-state index in [0.29, 0.717) is 28.2 Å². The third-order valence-corrected chi connectivity index (χ3v) is 6.11. The summed E-state index contributed by atoms with van der Waals surface area (Å²) in [5.74, 6) is 3.03. The SMILES string of the molecule is CC(NC(=O)NCc1nc(-c2ccccc2Cl)no1)C1CC2CCC1C2. The first-order chi connectivity index (χ1) is 12.6. The van der Waals surface area contributed by atoms with Crippen molar-refractivity contribution in [3.8, 4) is 11.4 Å². The molecule has 7 heteroatoms. The van der Waals surface area contributed by atoms with Crippen LogP contribution in [-0.2, 0) is 6.54 Å². The molecule has 1 aromatic carbocycles. The molecule has 2 fully saturated rings. The van der Waals surface area contributed by atoms with Gasteiger partial charge in [-0.05, 0) is 56.1 Å². The topological polar surface area (TPSA) is 80.0 Å². The number of aromatic nitrogens is 2. The van der Waals surface area contributed by atoms with Crippen molar-refractivity contribution in [1.29, 1.82) is 0 Å². The molecule has 2 N–H and O–H groups in total. The molecule has 2 aromatic rings. The van der Waals surface area contributed by atoms with E-state index in [-0.39, 0.29) is 18.6 Å². The van der Waals surface area contributed by atoms with Gasteiger partial charge in [-0.1, -0.05) is 35.3 Å². The lowest BCUT2D eigenvalue weighted by molar-refractivity contribution is 0.218. The molecular weight excluding hydrogens is 352 g/mol. The Balaban J connectivity index is 1.29. The molecule has 2 amide bonds. The highest BCUT2D eigenvalue weighted by Gasteiger charge is 2.42. The third-order valence-electron chi connectivity index (χ3n) is 5.78. The van der Waals surface area contributed by atoms with Crippen molar-refractivity contribution >= 4 is 17.6 Å². The number of nitrogens with one attached hydrogen (secondary N) is 2. The summed E-state index contributed by atoms with van der Waals surface area (Å²) in [6.07, 6.45) is 5.27. The molecule has 26 heavy (non-hydrogen) atoms. The zero-order valence-electron chi connectivity index (χ0n) is 14.7. The molecule has 2 bridgehead atoms. The van der Waals surface area contributed by atoms with Crippen LogP contribution in [0.3, 0.4) is 0 Å². The van der Waals surface area contributed by atoms with Gasteiger partial charge < -0.3 is 15.2 Å². The maximum Gasteiger partial charge on any atom is 0.315 e. The van der Waals surface area contributed by atoms with E-state index in [1.54, 1.807) is 6.07 Å². The number of benzene rings is 1. The summed E-state index contributed by atoms with van der Waals surface area (Å²) in [6, 6.07) is 7.30. The minimum atomic E-state index is -0.197. The van der Waals surface area contributed by atoms with Crippen molar-refractivity contribution in [3.05, 3.63) is 35.2 Å². The van der Waals surface area contributed by atoms with Gasteiger partial charge in [-0.2, -0.15) is 4.98 Å². The number of halogens is 1. The molecule has 0 spiro atoms. The van der Waals surface area contributed by atoms with Crippen LogP contribution >= 0.6 is 11.6 Å². The van der Waals surface area contributed by atoms with Gasteiger partial charge >= 0.3 is 6.03 Å². The molecule has 2 aliphatic carbocycles. The summed E-state index contributed by atoms with van der Waals surface area (Å²) in [5.41, 5.74) is 0.707. The van der Waals surface area contributed by atoms with E-state index in [1.165, 1.54) is 25.7 Å². The van der Waals surface area contributed by atoms with Crippen molar-refractivity contribution in [2.45, 2.75) is 45.2 Å². The molecule has 4 atom stereocenters. The number of fused-ring (bicyclic) bond motifs is 2. The molecule has 2 saturated carbocycles. The molecule has 0 saturated heterocycles. The van der Waals surface area contributed by atoms with Crippen LogP contribution in [0.15, 0.2) is 28.8 Å². The molecule has 4 unspecified atom stereocenters. The number of amides is 2. The first kappa shape index (κ1) is 17.3. The molecule has 0 aliphatic heterocycles. The first-order valence-corrected chi connectivity index (χ1v) is 9.60. The van der Waals surface area contributed by atoms with Crippen LogP contribution in [0.2, 0.25) is 5.02 Å². The molecule has 1 heterocycles. The van der Waals surface area contributed by atoms with Gasteiger partial charge in [-0.25, -0.2) is 4.79 Å². The highest BCUT2D eigenvalue weighted by atomic mass is 35.5. The summed E-state index contributed by atoms with van der Waals surface area (Å²) < 4.78 is 5.21. The van der Waals surface area contributed by atoms with Crippen LogP contribution in [0.1, 0.15) is 38.5 Å². The van der Waals surface area contributed by atoms with Crippen molar-refractivity contribution in [2.24, 2.45) is 17.8 Å². The Bertz CT molecular complexity index is 793. The molecule has 138 valence electrons. The van der Waals surface area contributed by atoms with Gasteiger partial charge in [0.2, 0.25) is 11.7 Å². The van der Waals surface area contributed by atoms with Crippen molar-refractivity contribution in [1.82, 2.24) is 20.8 Å². The number of hydrogen-bond acceptors (Lipinski definition) is 4. The lowest BCUT2D eigenvalue weighted by Crippen LogP contribution is -2.45. The maximum atomic E-state index is 12.2. The molecular formula is C19H23ClN4O2. The zero-order valence-corrected chi connectivity index (χ0v) is 15.5. The van der Waals surface area contributed by atoms with Crippen LogP contribution in [0.25, 0.3) is 11.4 Å². The second-order valence-electron chi connectivity index (χ2n) is 7.45. The largest absolute Gasteiger partial charge is 0.337 e. The van der Waals surface area contributed by atoms with Gasteiger partial charge in [0, 0.05) is 11.6 Å². The Morgan fingerprint density at radius 3 is 2.92 bits per heavy atom. The zero-order chi connectivity index (χ0) is 18.1. The number of urea groups is 1. The van der Waals surface area contributed by atoms with Gasteiger partial charge in [-0.15, -0.1) is 0 Å². The standard InChI is InChI=1S/C19H23ClN4O2/c1-11(15-9-12-6-7-13(15)8-12)22-19(25)21-10-17-23-18(24-26-17)14-4-2-3-5-16(14)20/h2-5,11-13,15H,6-10H2,1H3,(H2,21,22,25). The van der Waals surface area contributed by atoms with Crippen molar-refractivity contribution in [2.75, 3.05) is 0 Å². The summed E-state index contributed by atoms with van der Waals surface area (Å²) in [5, 5.41) is 10.4. The van der Waals surface area contributed by atoms with Gasteiger partial charge in [-0.3, -0.25) is 0 Å². The van der Waals surface area contributed by atoms with Crippen LogP contribution in [0.4, 0.5) is 4.79 Å². The second-order valence-corrected chi connectivity index (χ2v) is 7.85. The lowest BCUT2D eigenvalue weighted by atomic mass is 9.84. The van der Waals surface area contributed by atoms with Crippen LogP contribution in [0.5, 0.6) is 0 Å². The van der Waals surface area contributed by atoms with E-state index < -0.39 is 0 Å². The van der Waals surface area contributed by atoms with E-state index in [0.717, 1.165) is 11.8 Å². The monoisotopic (exact) mass is 374 g/mol. The number of carbonyl (C=O) groups excluding carboxylic acids is 1. The number of hydrogen-bond donors (Lipinski definition) is 2. The highest BCUT2D eigenvalue weighted by Crippen LogP contribution is 2.49. The molecule has 4 rings (SSSR count). The molecule has 6 nitrogen and oxygen atoms in total. The van der Waals surface area contributed by atoms with Crippen molar-refractivity contribution in [3.63, 3.8) is 0 Å². The van der Waals surface area contributed by atoms with E-state index in [1.807, 2.05) is 18.2 Å². The fourth-order valence-corrected chi connectivity index (χ4v) is 4.73. The fraction of sp³-hybridized carbons (Fsp3) is 0.526. The van der Waals surface area contributed by atoms with Crippen LogP contribution < -0.4 is 10.6 Å². The summed E-state index contributed by atoms with van der Waals surface area (Å²) in [6.45, 7) is 2.29.